The van der Waals surface area contributed by atoms with E-state index in [0.29, 0.717) is 28.1 Å². The highest BCUT2D eigenvalue weighted by molar-refractivity contribution is 8.04. The van der Waals surface area contributed by atoms with Gasteiger partial charge in [-0.3, -0.25) is 4.79 Å². The van der Waals surface area contributed by atoms with Crippen LogP contribution in [0.25, 0.3) is 45.2 Å². The minimum absolute atomic E-state index is 0.260. The molecule has 0 fully saturated rings. The molecule has 0 bridgehead atoms. The number of para-hydroxylation sites is 3. The van der Waals surface area contributed by atoms with Crippen molar-refractivity contribution < 1.29 is 8.83 Å². The third-order valence-electron chi connectivity index (χ3n) is 6.97. The Kier molecular flexibility index (Phi) is 5.54. The lowest BCUT2D eigenvalue weighted by molar-refractivity contribution is 0.594. The highest BCUT2D eigenvalue weighted by atomic mass is 32.2. The van der Waals surface area contributed by atoms with Crippen LogP contribution in [0.1, 0.15) is 17.0 Å². The Bertz CT molecular complexity index is 2210. The summed E-state index contributed by atoms with van der Waals surface area (Å²) in [6, 6.07) is 29.4. The number of aryl methyl sites for hydroxylation is 1. The second-order valence-corrected chi connectivity index (χ2v) is 10.8. The minimum atomic E-state index is -0.333. The van der Waals surface area contributed by atoms with Gasteiger partial charge in [0.2, 0.25) is 5.16 Å². The maximum atomic E-state index is 13.0. The predicted octanol–water partition coefficient (Wildman–Crippen LogP) is 6.69. The molecule has 3 aromatic carbocycles. The van der Waals surface area contributed by atoms with E-state index in [1.165, 1.54) is 16.4 Å². The predicted molar refractivity (Wildman–Crippen MR) is 162 cm³/mol. The quantitative estimate of drug-likeness (QED) is 0.233. The molecule has 42 heavy (non-hydrogen) atoms. The van der Waals surface area contributed by atoms with Crippen LogP contribution < -0.4 is 5.56 Å². The van der Waals surface area contributed by atoms with Crippen molar-refractivity contribution in [2.45, 2.75) is 12.1 Å². The van der Waals surface area contributed by atoms with Gasteiger partial charge in [-0.05, 0) is 61.2 Å². The molecule has 5 heterocycles. The number of benzene rings is 3. The second-order valence-electron chi connectivity index (χ2n) is 9.75. The first kappa shape index (κ1) is 24.3. The summed E-state index contributed by atoms with van der Waals surface area (Å²) in [5, 5.41) is 20.3. The van der Waals surface area contributed by atoms with Crippen LogP contribution in [0.5, 0.6) is 0 Å². The molecule has 7 aromatic rings. The number of aromatic nitrogens is 5. The maximum Gasteiger partial charge on any atom is 0.296 e. The Balaban J connectivity index is 1.35. The van der Waals surface area contributed by atoms with Crippen LogP contribution in [0.2, 0.25) is 0 Å². The molecule has 9 nitrogen and oxygen atoms in total. The fourth-order valence-electron chi connectivity index (χ4n) is 4.90. The van der Waals surface area contributed by atoms with Crippen LogP contribution in [0.4, 0.5) is 0 Å². The van der Waals surface area contributed by atoms with Crippen LogP contribution in [0.15, 0.2) is 126 Å². The van der Waals surface area contributed by atoms with Crippen LogP contribution in [0, 0.1) is 6.92 Å². The topological polar surface area (TPSA) is 104 Å². The Morgan fingerprint density at radius 2 is 1.48 bits per heavy atom. The van der Waals surface area contributed by atoms with Crippen molar-refractivity contribution in [3.63, 3.8) is 0 Å². The SMILES string of the molecule is Cc1nnc2n(c1=O)N=C(c1cc3ccccc3o1)/C(=C\c1cn(-c3ccccc3)nc1-c1cc3ccccc3o1)S2. The van der Waals surface area contributed by atoms with Gasteiger partial charge in [0.05, 0.1) is 5.69 Å². The molecule has 0 radical (unpaired) electrons. The van der Waals surface area contributed by atoms with E-state index in [9.17, 15) is 4.79 Å². The molecule has 0 unspecified atom stereocenters. The molecule has 0 spiro atoms. The highest BCUT2D eigenvalue weighted by Crippen LogP contribution is 2.37. The van der Waals surface area contributed by atoms with Crippen LogP contribution in [-0.2, 0) is 0 Å². The van der Waals surface area contributed by atoms with Gasteiger partial charge in [0, 0.05) is 27.4 Å². The van der Waals surface area contributed by atoms with E-state index < -0.39 is 0 Å². The largest absolute Gasteiger partial charge is 0.454 e. The van der Waals surface area contributed by atoms with E-state index in [1.807, 2.05) is 108 Å². The van der Waals surface area contributed by atoms with Crippen molar-refractivity contribution in [3.8, 4) is 17.1 Å². The van der Waals surface area contributed by atoms with Gasteiger partial charge in [-0.15, -0.1) is 10.2 Å². The fraction of sp³-hybridized carbons (Fsp3) is 0.0312. The molecular weight excluding hydrogens is 548 g/mol. The fourth-order valence-corrected chi connectivity index (χ4v) is 5.81. The van der Waals surface area contributed by atoms with Crippen LogP contribution in [0.3, 0.4) is 0 Å². The molecule has 8 rings (SSSR count). The number of fused-ring (bicyclic) bond motifs is 3. The number of rotatable bonds is 4. The van der Waals surface area contributed by atoms with E-state index in [2.05, 4.69) is 10.2 Å². The van der Waals surface area contributed by atoms with Crippen molar-refractivity contribution in [1.29, 1.82) is 0 Å². The molecule has 10 heteroatoms. The average Bonchev–Trinajstić information content (AvgIpc) is 3.76. The van der Waals surface area contributed by atoms with E-state index >= 15 is 0 Å². The molecule has 4 aromatic heterocycles. The Morgan fingerprint density at radius 3 is 2.21 bits per heavy atom. The molecule has 0 saturated heterocycles. The van der Waals surface area contributed by atoms with E-state index in [-0.39, 0.29) is 11.3 Å². The third kappa shape index (κ3) is 4.08. The molecule has 0 amide bonds. The normalized spacial score (nSPS) is 14.0. The van der Waals surface area contributed by atoms with Crippen molar-refractivity contribution in [1.82, 2.24) is 24.7 Å². The summed E-state index contributed by atoms with van der Waals surface area (Å²) < 4.78 is 15.6. The summed E-state index contributed by atoms with van der Waals surface area (Å²) in [5.74, 6) is 1.16. The van der Waals surface area contributed by atoms with Crippen molar-refractivity contribution in [2.24, 2.45) is 5.10 Å². The number of allylic oxidation sites excluding steroid dienone is 1. The lowest BCUT2D eigenvalue weighted by Crippen LogP contribution is -2.27. The molecular formula is C32H20N6O3S. The monoisotopic (exact) mass is 568 g/mol. The Morgan fingerprint density at radius 1 is 0.810 bits per heavy atom. The van der Waals surface area contributed by atoms with E-state index in [4.69, 9.17) is 19.0 Å². The zero-order valence-corrected chi connectivity index (χ0v) is 22.9. The number of hydrogen-bond acceptors (Lipinski definition) is 8. The summed E-state index contributed by atoms with van der Waals surface area (Å²) in [4.78, 5) is 13.7. The molecule has 0 N–H and O–H groups in total. The van der Waals surface area contributed by atoms with Gasteiger partial charge in [-0.2, -0.15) is 14.9 Å². The number of hydrogen-bond donors (Lipinski definition) is 0. The molecule has 1 aliphatic rings. The number of nitrogens with zero attached hydrogens (tertiary/aromatic N) is 6. The van der Waals surface area contributed by atoms with Gasteiger partial charge in [0.25, 0.3) is 5.56 Å². The molecule has 1 aliphatic heterocycles. The summed E-state index contributed by atoms with van der Waals surface area (Å²) in [5.41, 5.74) is 4.28. The van der Waals surface area contributed by atoms with Gasteiger partial charge in [0.1, 0.15) is 28.3 Å². The summed E-state index contributed by atoms with van der Waals surface area (Å²) >= 11 is 1.29. The lowest BCUT2D eigenvalue weighted by atomic mass is 10.1. The van der Waals surface area contributed by atoms with Gasteiger partial charge in [0.15, 0.2) is 11.5 Å². The van der Waals surface area contributed by atoms with Crippen LogP contribution >= 0.6 is 11.8 Å². The number of furan rings is 2. The lowest BCUT2D eigenvalue weighted by Gasteiger charge is -2.16. The van der Waals surface area contributed by atoms with Gasteiger partial charge in [-0.1, -0.05) is 54.6 Å². The zero-order valence-electron chi connectivity index (χ0n) is 22.1. The Labute approximate surface area is 242 Å². The summed E-state index contributed by atoms with van der Waals surface area (Å²) in [6.07, 6.45) is 3.92. The highest BCUT2D eigenvalue weighted by Gasteiger charge is 2.27. The first-order chi connectivity index (χ1) is 20.6. The van der Waals surface area contributed by atoms with Gasteiger partial charge >= 0.3 is 0 Å². The van der Waals surface area contributed by atoms with Gasteiger partial charge in [-0.25, -0.2) is 4.68 Å². The van der Waals surface area contributed by atoms with Crippen molar-refractivity contribution >= 4 is 45.5 Å². The van der Waals surface area contributed by atoms with Crippen LogP contribution in [-0.4, -0.2) is 30.4 Å². The first-order valence-electron chi connectivity index (χ1n) is 13.2. The summed E-state index contributed by atoms with van der Waals surface area (Å²) in [7, 11) is 0. The van der Waals surface area contributed by atoms with E-state index in [0.717, 1.165) is 38.1 Å². The summed E-state index contributed by atoms with van der Waals surface area (Å²) in [6.45, 7) is 1.62. The molecule has 0 aliphatic carbocycles. The average molecular weight is 569 g/mol. The smallest absolute Gasteiger partial charge is 0.296 e. The van der Waals surface area contributed by atoms with Gasteiger partial charge < -0.3 is 8.83 Å². The first-order valence-corrected chi connectivity index (χ1v) is 14.0. The molecule has 0 atom stereocenters. The maximum absolute atomic E-state index is 13.0. The second kappa shape index (κ2) is 9.57. The zero-order chi connectivity index (χ0) is 28.2. The standard InChI is InChI=1S/C32H20N6O3S/c1-19-31(39)38-32(34-33-19)42-28(30(36-38)27-16-21-10-6-8-14-25(21)41-27)17-22-18-37(23-11-3-2-4-12-23)35-29(22)26-15-20-9-5-7-13-24(20)40-26/h2-18H,1H3/b28-17+. The van der Waals surface area contributed by atoms with Crippen molar-refractivity contribution in [3.05, 3.63) is 129 Å². The minimum Gasteiger partial charge on any atom is -0.454 e. The number of thioether (sulfide) groups is 1. The van der Waals surface area contributed by atoms with E-state index in [1.54, 1.807) is 6.92 Å². The molecule has 202 valence electrons. The Hall–Kier alpha value is -5.48. The van der Waals surface area contributed by atoms with Crippen molar-refractivity contribution in [2.75, 3.05) is 0 Å². The molecule has 0 saturated carbocycles. The third-order valence-corrected chi connectivity index (χ3v) is 7.94.